The molecule has 28 heavy (non-hydrogen) atoms. The first-order chi connectivity index (χ1) is 13.5. The van der Waals surface area contributed by atoms with Crippen LogP contribution in [0, 0.1) is 18.6 Å². The van der Waals surface area contributed by atoms with E-state index in [0.717, 1.165) is 11.6 Å². The second-order valence-corrected chi connectivity index (χ2v) is 6.47. The van der Waals surface area contributed by atoms with Crippen molar-refractivity contribution in [2.75, 3.05) is 7.05 Å². The Labute approximate surface area is 162 Å². The van der Waals surface area contributed by atoms with E-state index in [1.54, 1.807) is 20.2 Å². The zero-order valence-corrected chi connectivity index (χ0v) is 16.0. The lowest BCUT2D eigenvalue weighted by Crippen LogP contribution is -2.38. The average Bonchev–Trinajstić information content (AvgIpc) is 3.14. The fourth-order valence-corrected chi connectivity index (χ4v) is 2.72. The van der Waals surface area contributed by atoms with Gasteiger partial charge in [0.1, 0.15) is 17.9 Å². The van der Waals surface area contributed by atoms with Gasteiger partial charge in [0.15, 0.2) is 5.96 Å². The van der Waals surface area contributed by atoms with Crippen LogP contribution in [0.3, 0.4) is 0 Å². The van der Waals surface area contributed by atoms with E-state index in [9.17, 15) is 8.78 Å². The molecule has 2 N–H and O–H groups in total. The first kappa shape index (κ1) is 19.5. The lowest BCUT2D eigenvalue weighted by atomic mass is 10.1. The van der Waals surface area contributed by atoms with Crippen LogP contribution in [0.25, 0.3) is 11.5 Å². The van der Waals surface area contributed by atoms with Gasteiger partial charge in [-0.25, -0.2) is 13.8 Å². The number of hydrogen-bond acceptors (Lipinski definition) is 3. The molecule has 146 valence electrons. The fourth-order valence-electron chi connectivity index (χ4n) is 2.72. The Hall–Kier alpha value is -3.22. The Morgan fingerprint density at radius 3 is 2.61 bits per heavy atom. The molecule has 1 aromatic heterocycles. The predicted molar refractivity (Wildman–Crippen MR) is 105 cm³/mol. The Morgan fingerprint density at radius 2 is 1.93 bits per heavy atom. The van der Waals surface area contributed by atoms with Gasteiger partial charge in [-0.05, 0) is 32.0 Å². The Balaban J connectivity index is 1.60. The van der Waals surface area contributed by atoms with E-state index in [4.69, 9.17) is 4.42 Å². The normalized spacial score (nSPS) is 12.7. The molecule has 0 amide bonds. The number of oxazole rings is 1. The second kappa shape index (κ2) is 8.65. The van der Waals surface area contributed by atoms with E-state index in [2.05, 4.69) is 20.6 Å². The summed E-state index contributed by atoms with van der Waals surface area (Å²) in [6.45, 7) is 4.18. The number of aliphatic imine (C=N–C) groups is 1. The van der Waals surface area contributed by atoms with Crippen LogP contribution in [0.4, 0.5) is 8.78 Å². The molecule has 0 aliphatic carbocycles. The van der Waals surface area contributed by atoms with Crippen molar-refractivity contribution in [1.29, 1.82) is 0 Å². The first-order valence-corrected chi connectivity index (χ1v) is 8.90. The molecule has 2 aromatic carbocycles. The molecule has 3 rings (SSSR count). The van der Waals surface area contributed by atoms with Crippen LogP contribution in [-0.2, 0) is 6.54 Å². The van der Waals surface area contributed by atoms with Gasteiger partial charge in [-0.15, -0.1) is 0 Å². The molecular formula is C21H22F2N4O. The van der Waals surface area contributed by atoms with Crippen LogP contribution < -0.4 is 10.6 Å². The zero-order valence-electron chi connectivity index (χ0n) is 16.0. The van der Waals surface area contributed by atoms with E-state index in [1.807, 2.05) is 31.2 Å². The molecular weight excluding hydrogens is 362 g/mol. The summed E-state index contributed by atoms with van der Waals surface area (Å²) in [5.41, 5.74) is 3.13. The SMILES string of the molecule is CN=C(NCc1coc(-c2ccc(C)cc2)n1)NC(C)c1ccc(F)cc1F. The molecule has 1 unspecified atom stereocenters. The maximum absolute atomic E-state index is 13.9. The number of benzene rings is 2. The number of hydrogen-bond donors (Lipinski definition) is 2. The summed E-state index contributed by atoms with van der Waals surface area (Å²) in [4.78, 5) is 8.59. The Bertz CT molecular complexity index is 967. The largest absolute Gasteiger partial charge is 0.444 e. The van der Waals surface area contributed by atoms with Gasteiger partial charge in [0.2, 0.25) is 5.89 Å². The van der Waals surface area contributed by atoms with Crippen LogP contribution in [-0.4, -0.2) is 18.0 Å². The molecule has 1 atom stereocenters. The van der Waals surface area contributed by atoms with Gasteiger partial charge in [0, 0.05) is 24.2 Å². The van der Waals surface area contributed by atoms with E-state index in [0.29, 0.717) is 29.7 Å². The zero-order chi connectivity index (χ0) is 20.1. The summed E-state index contributed by atoms with van der Waals surface area (Å²) in [7, 11) is 1.61. The summed E-state index contributed by atoms with van der Waals surface area (Å²) in [6.07, 6.45) is 1.58. The van der Waals surface area contributed by atoms with Gasteiger partial charge in [-0.1, -0.05) is 23.8 Å². The van der Waals surface area contributed by atoms with Crippen LogP contribution in [0.2, 0.25) is 0 Å². The van der Waals surface area contributed by atoms with Crippen molar-refractivity contribution in [3.63, 3.8) is 0 Å². The number of halogens is 2. The number of nitrogens with zero attached hydrogens (tertiary/aromatic N) is 2. The lowest BCUT2D eigenvalue weighted by molar-refractivity contribution is 0.550. The molecule has 0 aliphatic heterocycles. The molecule has 0 bridgehead atoms. The van der Waals surface area contributed by atoms with Crippen LogP contribution in [0.1, 0.15) is 29.8 Å². The molecule has 0 saturated carbocycles. The summed E-state index contributed by atoms with van der Waals surface area (Å²) in [5.74, 6) is -0.196. The van der Waals surface area contributed by atoms with Crippen molar-refractivity contribution in [2.24, 2.45) is 4.99 Å². The molecule has 5 nitrogen and oxygen atoms in total. The number of rotatable bonds is 5. The molecule has 0 fully saturated rings. The Kier molecular flexibility index (Phi) is 6.03. The highest BCUT2D eigenvalue weighted by atomic mass is 19.1. The summed E-state index contributed by atoms with van der Waals surface area (Å²) >= 11 is 0. The number of guanidine groups is 1. The van der Waals surface area contributed by atoms with Crippen molar-refractivity contribution in [1.82, 2.24) is 15.6 Å². The standard InChI is InChI=1S/C21H22F2N4O/c1-13-4-6-15(7-5-13)20-27-17(12-28-20)11-25-21(24-3)26-14(2)18-9-8-16(22)10-19(18)23/h4-10,12,14H,11H2,1-3H3,(H2,24,25,26). The fraction of sp³-hybridized carbons (Fsp3) is 0.238. The third-order valence-electron chi connectivity index (χ3n) is 4.29. The molecule has 3 aromatic rings. The Morgan fingerprint density at radius 1 is 1.18 bits per heavy atom. The lowest BCUT2D eigenvalue weighted by Gasteiger charge is -2.18. The number of aromatic nitrogens is 1. The molecule has 0 spiro atoms. The minimum atomic E-state index is -0.605. The van der Waals surface area contributed by atoms with Crippen LogP contribution >= 0.6 is 0 Å². The van der Waals surface area contributed by atoms with E-state index in [-0.39, 0.29) is 0 Å². The topological polar surface area (TPSA) is 62.5 Å². The quantitative estimate of drug-likeness (QED) is 0.507. The van der Waals surface area contributed by atoms with Crippen molar-refractivity contribution >= 4 is 5.96 Å². The summed E-state index contributed by atoms with van der Waals surface area (Å²) in [5, 5.41) is 6.19. The molecule has 0 saturated heterocycles. The smallest absolute Gasteiger partial charge is 0.226 e. The highest BCUT2D eigenvalue weighted by molar-refractivity contribution is 5.80. The summed E-state index contributed by atoms with van der Waals surface area (Å²) in [6, 6.07) is 11.0. The van der Waals surface area contributed by atoms with Gasteiger partial charge >= 0.3 is 0 Å². The molecule has 0 aliphatic rings. The number of aryl methyl sites for hydroxylation is 1. The van der Waals surface area contributed by atoms with E-state index >= 15 is 0 Å². The summed E-state index contributed by atoms with van der Waals surface area (Å²) < 4.78 is 32.5. The number of nitrogens with one attached hydrogen (secondary N) is 2. The van der Waals surface area contributed by atoms with Crippen molar-refractivity contribution in [2.45, 2.75) is 26.4 Å². The maximum Gasteiger partial charge on any atom is 0.226 e. The molecule has 0 radical (unpaired) electrons. The second-order valence-electron chi connectivity index (χ2n) is 6.47. The minimum Gasteiger partial charge on any atom is -0.444 e. The van der Waals surface area contributed by atoms with Crippen molar-refractivity contribution < 1.29 is 13.2 Å². The third-order valence-corrected chi connectivity index (χ3v) is 4.29. The highest BCUT2D eigenvalue weighted by Crippen LogP contribution is 2.19. The van der Waals surface area contributed by atoms with Gasteiger partial charge in [0.05, 0.1) is 18.3 Å². The average molecular weight is 384 g/mol. The maximum atomic E-state index is 13.9. The third kappa shape index (κ3) is 4.73. The van der Waals surface area contributed by atoms with Gasteiger partial charge < -0.3 is 15.1 Å². The molecule has 1 heterocycles. The monoisotopic (exact) mass is 384 g/mol. The van der Waals surface area contributed by atoms with Gasteiger partial charge in [0.25, 0.3) is 0 Å². The van der Waals surface area contributed by atoms with Crippen LogP contribution in [0.5, 0.6) is 0 Å². The predicted octanol–water partition coefficient (Wildman–Crippen LogP) is 4.35. The van der Waals surface area contributed by atoms with E-state index in [1.165, 1.54) is 17.7 Å². The van der Waals surface area contributed by atoms with Crippen molar-refractivity contribution in [3.05, 3.63) is 77.2 Å². The molecule has 7 heteroatoms. The first-order valence-electron chi connectivity index (χ1n) is 8.90. The van der Waals surface area contributed by atoms with Crippen LogP contribution in [0.15, 0.2) is 58.1 Å². The highest BCUT2D eigenvalue weighted by Gasteiger charge is 2.14. The van der Waals surface area contributed by atoms with Gasteiger partial charge in [-0.2, -0.15) is 0 Å². The minimum absolute atomic E-state index is 0.354. The van der Waals surface area contributed by atoms with Gasteiger partial charge in [-0.3, -0.25) is 4.99 Å². The van der Waals surface area contributed by atoms with E-state index < -0.39 is 17.7 Å². The van der Waals surface area contributed by atoms with Crippen molar-refractivity contribution in [3.8, 4) is 11.5 Å².